The zero-order valence-electron chi connectivity index (χ0n) is 11.8. The third kappa shape index (κ3) is 4.67. The van der Waals surface area contributed by atoms with Gasteiger partial charge in [-0.05, 0) is 26.7 Å². The molecule has 0 spiro atoms. The summed E-state index contributed by atoms with van der Waals surface area (Å²) in [6.45, 7) is 4.84. The molecule has 1 aliphatic carbocycles. The lowest BCUT2D eigenvalue weighted by molar-refractivity contribution is -0.150. The average molecular weight is 269 g/mol. The van der Waals surface area contributed by atoms with Crippen molar-refractivity contribution in [3.8, 4) is 0 Å². The monoisotopic (exact) mass is 269 g/mol. The number of ether oxygens (including phenoxy) is 1. The average Bonchev–Trinajstić information content (AvgIpc) is 2.37. The minimum Gasteiger partial charge on any atom is -0.481 e. The SMILES string of the molecule is CC(C)OCCN(C)C(=O)[C@@H]1CC=CC[C@@H]1C(=O)O. The van der Waals surface area contributed by atoms with Crippen molar-refractivity contribution < 1.29 is 19.4 Å². The number of carbonyl (C=O) groups excluding carboxylic acids is 1. The lowest BCUT2D eigenvalue weighted by Crippen LogP contribution is -2.41. The van der Waals surface area contributed by atoms with E-state index in [1.807, 2.05) is 26.0 Å². The van der Waals surface area contributed by atoms with E-state index in [0.717, 1.165) is 0 Å². The predicted octanol–water partition coefficient (Wildman–Crippen LogP) is 1.54. The Balaban J connectivity index is 2.54. The minimum absolute atomic E-state index is 0.107. The number of amides is 1. The fraction of sp³-hybridized carbons (Fsp3) is 0.714. The molecule has 0 aromatic heterocycles. The Labute approximate surface area is 114 Å². The molecule has 0 saturated heterocycles. The fourth-order valence-electron chi connectivity index (χ4n) is 2.18. The van der Waals surface area contributed by atoms with Crippen molar-refractivity contribution in [1.29, 1.82) is 0 Å². The van der Waals surface area contributed by atoms with E-state index in [1.165, 1.54) is 0 Å². The Hall–Kier alpha value is -1.36. The molecule has 0 aromatic rings. The van der Waals surface area contributed by atoms with Crippen molar-refractivity contribution in [2.45, 2.75) is 32.8 Å². The van der Waals surface area contributed by atoms with Crippen LogP contribution in [0.4, 0.5) is 0 Å². The molecule has 5 nitrogen and oxygen atoms in total. The van der Waals surface area contributed by atoms with E-state index >= 15 is 0 Å². The van der Waals surface area contributed by atoms with E-state index in [4.69, 9.17) is 9.84 Å². The van der Waals surface area contributed by atoms with Crippen molar-refractivity contribution in [3.63, 3.8) is 0 Å². The number of carboxylic acid groups (broad SMARTS) is 1. The van der Waals surface area contributed by atoms with Gasteiger partial charge >= 0.3 is 5.97 Å². The Bertz CT molecular complexity index is 351. The molecule has 2 atom stereocenters. The number of carbonyl (C=O) groups is 2. The summed E-state index contributed by atoms with van der Waals surface area (Å²) >= 11 is 0. The zero-order chi connectivity index (χ0) is 14.4. The second-order valence-electron chi connectivity index (χ2n) is 5.17. The highest BCUT2D eigenvalue weighted by Crippen LogP contribution is 2.27. The van der Waals surface area contributed by atoms with Crippen LogP contribution >= 0.6 is 0 Å². The molecule has 1 amide bonds. The van der Waals surface area contributed by atoms with Crippen molar-refractivity contribution in [2.24, 2.45) is 11.8 Å². The van der Waals surface area contributed by atoms with Crippen molar-refractivity contribution in [2.75, 3.05) is 20.2 Å². The van der Waals surface area contributed by atoms with E-state index in [-0.39, 0.29) is 12.0 Å². The van der Waals surface area contributed by atoms with E-state index in [9.17, 15) is 9.59 Å². The van der Waals surface area contributed by atoms with Gasteiger partial charge in [-0.25, -0.2) is 0 Å². The van der Waals surface area contributed by atoms with Gasteiger partial charge in [-0.15, -0.1) is 0 Å². The van der Waals surface area contributed by atoms with Crippen LogP contribution in [-0.2, 0) is 14.3 Å². The smallest absolute Gasteiger partial charge is 0.307 e. The molecule has 0 aliphatic heterocycles. The van der Waals surface area contributed by atoms with Gasteiger partial charge in [0.25, 0.3) is 0 Å². The lowest BCUT2D eigenvalue weighted by atomic mass is 9.82. The predicted molar refractivity (Wildman–Crippen MR) is 71.7 cm³/mol. The van der Waals surface area contributed by atoms with Gasteiger partial charge in [-0.2, -0.15) is 0 Å². The molecular weight excluding hydrogens is 246 g/mol. The Morgan fingerprint density at radius 1 is 1.32 bits per heavy atom. The van der Waals surface area contributed by atoms with Crippen LogP contribution < -0.4 is 0 Å². The van der Waals surface area contributed by atoms with E-state index in [1.54, 1.807) is 11.9 Å². The summed E-state index contributed by atoms with van der Waals surface area (Å²) in [6.07, 6.45) is 4.80. The van der Waals surface area contributed by atoms with Crippen molar-refractivity contribution in [1.82, 2.24) is 4.90 Å². The molecule has 1 rings (SSSR count). The van der Waals surface area contributed by atoms with Gasteiger partial charge in [0.15, 0.2) is 0 Å². The highest BCUT2D eigenvalue weighted by molar-refractivity contribution is 5.85. The molecule has 0 aromatic carbocycles. The Morgan fingerprint density at radius 2 is 1.89 bits per heavy atom. The molecule has 0 bridgehead atoms. The Kier molecular flexibility index (Phi) is 6.02. The molecule has 5 heteroatoms. The van der Waals surface area contributed by atoms with Gasteiger partial charge in [0, 0.05) is 13.6 Å². The summed E-state index contributed by atoms with van der Waals surface area (Å²) < 4.78 is 5.40. The normalized spacial score (nSPS) is 22.5. The first-order valence-corrected chi connectivity index (χ1v) is 6.67. The molecule has 1 aliphatic rings. The van der Waals surface area contributed by atoms with E-state index in [2.05, 4.69) is 0 Å². The van der Waals surface area contributed by atoms with Gasteiger partial charge in [-0.3, -0.25) is 9.59 Å². The van der Waals surface area contributed by atoms with Crippen molar-refractivity contribution >= 4 is 11.9 Å². The second-order valence-corrected chi connectivity index (χ2v) is 5.17. The van der Waals surface area contributed by atoms with Crippen LogP contribution in [0.25, 0.3) is 0 Å². The van der Waals surface area contributed by atoms with E-state index in [0.29, 0.717) is 26.0 Å². The number of rotatable bonds is 6. The maximum Gasteiger partial charge on any atom is 0.307 e. The van der Waals surface area contributed by atoms with Gasteiger partial charge in [0.05, 0.1) is 24.5 Å². The highest BCUT2D eigenvalue weighted by atomic mass is 16.5. The summed E-state index contributed by atoms with van der Waals surface area (Å²) in [6, 6.07) is 0. The summed E-state index contributed by atoms with van der Waals surface area (Å²) in [5, 5.41) is 9.16. The largest absolute Gasteiger partial charge is 0.481 e. The van der Waals surface area contributed by atoms with Crippen LogP contribution in [0.3, 0.4) is 0 Å². The molecule has 1 N–H and O–H groups in total. The summed E-state index contributed by atoms with van der Waals surface area (Å²) in [4.78, 5) is 25.0. The van der Waals surface area contributed by atoms with E-state index < -0.39 is 17.8 Å². The molecule has 108 valence electrons. The number of hydrogen-bond acceptors (Lipinski definition) is 3. The van der Waals surface area contributed by atoms with Crippen molar-refractivity contribution in [3.05, 3.63) is 12.2 Å². The van der Waals surface area contributed by atoms with Crippen LogP contribution in [0.5, 0.6) is 0 Å². The maximum atomic E-state index is 12.3. The minimum atomic E-state index is -0.894. The number of nitrogens with zero attached hydrogens (tertiary/aromatic N) is 1. The van der Waals surface area contributed by atoms with Crippen LogP contribution in [0.15, 0.2) is 12.2 Å². The number of carboxylic acids is 1. The topological polar surface area (TPSA) is 66.8 Å². The molecule has 0 radical (unpaired) electrons. The van der Waals surface area contributed by atoms with Gasteiger partial charge in [0.1, 0.15) is 0 Å². The van der Waals surface area contributed by atoms with Crippen LogP contribution in [0.2, 0.25) is 0 Å². The summed E-state index contributed by atoms with van der Waals surface area (Å²) in [5.41, 5.74) is 0. The lowest BCUT2D eigenvalue weighted by Gasteiger charge is -2.28. The first kappa shape index (κ1) is 15.7. The third-order valence-electron chi connectivity index (χ3n) is 3.32. The van der Waals surface area contributed by atoms with Crippen LogP contribution in [-0.4, -0.2) is 48.2 Å². The molecule has 0 fully saturated rings. The van der Waals surface area contributed by atoms with Gasteiger partial charge in [0.2, 0.25) is 5.91 Å². The first-order chi connectivity index (χ1) is 8.93. The molecule has 0 unspecified atom stereocenters. The second kappa shape index (κ2) is 7.28. The summed E-state index contributed by atoms with van der Waals surface area (Å²) in [5.74, 6) is -2.06. The molecule has 19 heavy (non-hydrogen) atoms. The first-order valence-electron chi connectivity index (χ1n) is 6.67. The highest BCUT2D eigenvalue weighted by Gasteiger charge is 2.35. The van der Waals surface area contributed by atoms with Crippen LogP contribution in [0.1, 0.15) is 26.7 Å². The third-order valence-corrected chi connectivity index (χ3v) is 3.32. The Morgan fingerprint density at radius 3 is 2.42 bits per heavy atom. The fourth-order valence-corrected chi connectivity index (χ4v) is 2.18. The molecular formula is C14H23NO4. The van der Waals surface area contributed by atoms with Gasteiger partial charge < -0.3 is 14.7 Å². The van der Waals surface area contributed by atoms with Crippen LogP contribution in [0, 0.1) is 11.8 Å². The standard InChI is InChI=1S/C14H23NO4/c1-10(2)19-9-8-15(3)13(16)11-6-4-5-7-12(11)14(17)18/h4-5,10-12H,6-9H2,1-3H3,(H,17,18)/t11-,12+/m1/s1. The quantitative estimate of drug-likeness (QED) is 0.743. The number of likely N-dealkylation sites (N-methyl/N-ethyl adjacent to an activating group) is 1. The van der Waals surface area contributed by atoms with Gasteiger partial charge in [-0.1, -0.05) is 12.2 Å². The zero-order valence-corrected chi connectivity index (χ0v) is 11.8. The summed E-state index contributed by atoms with van der Waals surface area (Å²) in [7, 11) is 1.70. The molecule has 0 heterocycles. The number of aliphatic carboxylic acids is 1. The maximum absolute atomic E-state index is 12.3. The number of hydrogen-bond donors (Lipinski definition) is 1. The molecule has 0 saturated carbocycles. The number of allylic oxidation sites excluding steroid dienone is 2.